The first kappa shape index (κ1) is 23.4. The molecule has 33 heavy (non-hydrogen) atoms. The molecule has 0 bridgehead atoms. The minimum atomic E-state index is 0.199. The van der Waals surface area contributed by atoms with Crippen molar-refractivity contribution in [3.8, 4) is 17.1 Å². The average molecular weight is 447 g/mol. The van der Waals surface area contributed by atoms with Crippen LogP contribution in [0.15, 0.2) is 54.9 Å². The van der Waals surface area contributed by atoms with E-state index in [1.54, 1.807) is 7.11 Å². The molecule has 3 aromatic rings. The lowest BCUT2D eigenvalue weighted by Gasteiger charge is -2.41. The highest BCUT2D eigenvalue weighted by Crippen LogP contribution is 2.23. The van der Waals surface area contributed by atoms with Gasteiger partial charge in [-0.05, 0) is 43.5 Å². The average Bonchev–Trinajstić information content (AvgIpc) is 2.81. The summed E-state index contributed by atoms with van der Waals surface area (Å²) in [5.41, 5.74) is 5.81. The lowest BCUT2D eigenvalue weighted by atomic mass is 10.0. The van der Waals surface area contributed by atoms with Gasteiger partial charge in [0.25, 0.3) is 0 Å². The van der Waals surface area contributed by atoms with Gasteiger partial charge in [-0.25, -0.2) is 9.97 Å². The number of aryl methyl sites for hydroxylation is 2. The van der Waals surface area contributed by atoms with Crippen LogP contribution in [0.5, 0.6) is 5.75 Å². The number of aliphatic hydroxyl groups is 1. The van der Waals surface area contributed by atoms with Crippen LogP contribution in [-0.2, 0) is 13.1 Å². The Hall–Kier alpha value is -2.80. The molecule has 0 aliphatic carbocycles. The van der Waals surface area contributed by atoms with Crippen molar-refractivity contribution >= 4 is 0 Å². The van der Waals surface area contributed by atoms with Crippen LogP contribution in [0.4, 0.5) is 0 Å². The molecular weight excluding hydrogens is 412 g/mol. The molecule has 0 radical (unpaired) electrons. The first-order valence-corrected chi connectivity index (χ1v) is 11.6. The Morgan fingerprint density at radius 3 is 2.52 bits per heavy atom. The second-order valence-corrected chi connectivity index (χ2v) is 8.96. The second-order valence-electron chi connectivity index (χ2n) is 8.96. The fourth-order valence-electron chi connectivity index (χ4n) is 4.63. The number of nitrogens with zero attached hydrogens (tertiary/aromatic N) is 4. The predicted molar refractivity (Wildman–Crippen MR) is 131 cm³/mol. The van der Waals surface area contributed by atoms with Gasteiger partial charge in [0.1, 0.15) is 5.75 Å². The number of ether oxygens (including phenoxy) is 1. The molecule has 0 saturated carbocycles. The van der Waals surface area contributed by atoms with E-state index in [2.05, 4.69) is 57.9 Å². The maximum atomic E-state index is 9.67. The first-order chi connectivity index (χ1) is 16.1. The van der Waals surface area contributed by atoms with Gasteiger partial charge in [0.2, 0.25) is 0 Å². The van der Waals surface area contributed by atoms with E-state index in [9.17, 15) is 5.11 Å². The largest absolute Gasteiger partial charge is 0.496 e. The monoisotopic (exact) mass is 446 g/mol. The smallest absolute Gasteiger partial charge is 0.159 e. The van der Waals surface area contributed by atoms with Gasteiger partial charge in [0.05, 0.1) is 7.11 Å². The molecule has 2 heterocycles. The summed E-state index contributed by atoms with van der Waals surface area (Å²) < 4.78 is 5.39. The zero-order chi connectivity index (χ0) is 23.2. The number of aromatic nitrogens is 2. The van der Waals surface area contributed by atoms with E-state index in [4.69, 9.17) is 4.74 Å². The molecule has 1 saturated heterocycles. The van der Waals surface area contributed by atoms with Crippen molar-refractivity contribution in [3.05, 3.63) is 77.1 Å². The van der Waals surface area contributed by atoms with Gasteiger partial charge in [-0.2, -0.15) is 0 Å². The highest BCUT2D eigenvalue weighted by atomic mass is 16.5. The summed E-state index contributed by atoms with van der Waals surface area (Å²) in [7, 11) is 1.71. The van der Waals surface area contributed by atoms with Gasteiger partial charge < -0.3 is 9.84 Å². The fraction of sp³-hybridized carbons (Fsp3) is 0.407. The summed E-state index contributed by atoms with van der Waals surface area (Å²) in [5, 5.41) is 9.67. The zero-order valence-electron chi connectivity index (χ0n) is 19.9. The van der Waals surface area contributed by atoms with Crippen molar-refractivity contribution in [2.45, 2.75) is 39.4 Å². The maximum Gasteiger partial charge on any atom is 0.159 e. The van der Waals surface area contributed by atoms with Crippen LogP contribution in [0.2, 0.25) is 0 Å². The molecular formula is C27H34N4O2. The molecule has 0 spiro atoms. The summed E-state index contributed by atoms with van der Waals surface area (Å²) in [6.45, 7) is 8.95. The lowest BCUT2D eigenvalue weighted by molar-refractivity contribution is 0.0499. The highest BCUT2D eigenvalue weighted by molar-refractivity contribution is 5.55. The molecule has 1 atom stereocenters. The van der Waals surface area contributed by atoms with Crippen molar-refractivity contribution in [2.75, 3.05) is 33.4 Å². The molecule has 2 aromatic carbocycles. The van der Waals surface area contributed by atoms with Gasteiger partial charge >= 0.3 is 0 Å². The number of benzene rings is 2. The van der Waals surface area contributed by atoms with Crippen molar-refractivity contribution in [2.24, 2.45) is 0 Å². The summed E-state index contributed by atoms with van der Waals surface area (Å²) >= 11 is 0. The normalized spacial score (nSPS) is 17.3. The van der Waals surface area contributed by atoms with Gasteiger partial charge in [0.15, 0.2) is 5.82 Å². The van der Waals surface area contributed by atoms with E-state index >= 15 is 0 Å². The highest BCUT2D eigenvalue weighted by Gasteiger charge is 2.27. The van der Waals surface area contributed by atoms with Gasteiger partial charge in [0, 0.05) is 68.9 Å². The van der Waals surface area contributed by atoms with Gasteiger partial charge in [-0.15, -0.1) is 0 Å². The Bertz CT molecular complexity index is 1050. The summed E-state index contributed by atoms with van der Waals surface area (Å²) in [5.74, 6) is 1.69. The van der Waals surface area contributed by atoms with Crippen molar-refractivity contribution in [1.29, 1.82) is 0 Å². The fourth-order valence-corrected chi connectivity index (χ4v) is 4.63. The Kier molecular flexibility index (Phi) is 7.70. The van der Waals surface area contributed by atoms with Gasteiger partial charge in [-0.1, -0.05) is 35.9 Å². The summed E-state index contributed by atoms with van der Waals surface area (Å²) in [4.78, 5) is 14.1. The number of aliphatic hydroxyl groups excluding tert-OH is 1. The number of hydrogen-bond donors (Lipinski definition) is 1. The van der Waals surface area contributed by atoms with E-state index in [1.807, 2.05) is 30.6 Å². The Balaban J connectivity index is 1.38. The molecule has 1 fully saturated rings. The lowest BCUT2D eigenvalue weighted by Crippen LogP contribution is -2.52. The first-order valence-electron chi connectivity index (χ1n) is 11.6. The molecule has 174 valence electrons. The van der Waals surface area contributed by atoms with Crippen LogP contribution in [0.3, 0.4) is 0 Å². The Morgan fingerprint density at radius 2 is 1.82 bits per heavy atom. The molecule has 6 heteroatoms. The van der Waals surface area contributed by atoms with E-state index in [1.165, 1.54) is 11.1 Å². The quantitative estimate of drug-likeness (QED) is 0.567. The van der Waals surface area contributed by atoms with E-state index in [0.717, 1.165) is 67.4 Å². The summed E-state index contributed by atoms with van der Waals surface area (Å²) in [6.07, 6.45) is 4.66. The molecule has 4 rings (SSSR count). The molecule has 0 amide bonds. The Morgan fingerprint density at radius 1 is 1.00 bits per heavy atom. The standard InChI is InChI=1S/C27H34N4O2/c1-20-5-4-6-24(13-20)27-28-15-23(16-29-27)17-30-10-11-31(25(19-30)9-12-32)18-22-7-8-26(33-3)21(2)14-22/h4-8,13-16,25,32H,9-12,17-19H2,1-3H3/t25-/m0/s1. The molecule has 6 nitrogen and oxygen atoms in total. The third-order valence-corrected chi connectivity index (χ3v) is 6.38. The number of methoxy groups -OCH3 is 1. The van der Waals surface area contributed by atoms with Crippen molar-refractivity contribution < 1.29 is 9.84 Å². The minimum absolute atomic E-state index is 0.199. The third-order valence-electron chi connectivity index (χ3n) is 6.38. The second kappa shape index (κ2) is 10.9. The van der Waals surface area contributed by atoms with E-state index in [0.29, 0.717) is 6.04 Å². The number of piperazine rings is 1. The number of hydrogen-bond acceptors (Lipinski definition) is 6. The van der Waals surface area contributed by atoms with Crippen molar-refractivity contribution in [3.63, 3.8) is 0 Å². The van der Waals surface area contributed by atoms with Gasteiger partial charge in [-0.3, -0.25) is 9.80 Å². The molecule has 1 aliphatic heterocycles. The van der Waals surface area contributed by atoms with Crippen molar-refractivity contribution in [1.82, 2.24) is 19.8 Å². The SMILES string of the molecule is COc1ccc(CN2CCN(Cc3cnc(-c4cccc(C)c4)nc3)C[C@@H]2CCO)cc1C. The molecule has 1 aromatic heterocycles. The maximum absolute atomic E-state index is 9.67. The molecule has 1 aliphatic rings. The molecule has 1 N–H and O–H groups in total. The minimum Gasteiger partial charge on any atom is -0.496 e. The van der Waals surface area contributed by atoms with Crippen LogP contribution in [-0.4, -0.2) is 64.3 Å². The van der Waals surface area contributed by atoms with E-state index in [-0.39, 0.29) is 6.61 Å². The van der Waals surface area contributed by atoms with Crippen LogP contribution in [0.1, 0.15) is 28.7 Å². The third kappa shape index (κ3) is 5.96. The van der Waals surface area contributed by atoms with Crippen LogP contribution in [0.25, 0.3) is 11.4 Å². The van der Waals surface area contributed by atoms with E-state index < -0.39 is 0 Å². The summed E-state index contributed by atoms with van der Waals surface area (Å²) in [6, 6.07) is 15.0. The zero-order valence-corrected chi connectivity index (χ0v) is 19.9. The Labute approximate surface area is 196 Å². The predicted octanol–water partition coefficient (Wildman–Crippen LogP) is 3.84. The number of rotatable bonds is 8. The van der Waals surface area contributed by atoms with Crippen LogP contribution in [0, 0.1) is 13.8 Å². The molecule has 0 unspecified atom stereocenters. The van der Waals surface area contributed by atoms with Crippen LogP contribution >= 0.6 is 0 Å². The topological polar surface area (TPSA) is 61.7 Å². The van der Waals surface area contributed by atoms with Crippen LogP contribution < -0.4 is 4.74 Å².